The first-order valence-corrected chi connectivity index (χ1v) is 8.01. The Kier molecular flexibility index (Phi) is 3.47. The minimum atomic E-state index is 0.424. The molecule has 0 unspecified atom stereocenters. The lowest BCUT2D eigenvalue weighted by Gasteiger charge is -1.98. The average molecular weight is 323 g/mol. The highest BCUT2D eigenvalue weighted by Gasteiger charge is 2.11. The number of aryl methyl sites for hydroxylation is 1. The van der Waals surface area contributed by atoms with Crippen LogP contribution >= 0.6 is 11.3 Å². The Morgan fingerprint density at radius 2 is 2.09 bits per heavy atom. The van der Waals surface area contributed by atoms with Crippen LogP contribution < -0.4 is 0 Å². The first-order chi connectivity index (χ1) is 11.3. The zero-order valence-corrected chi connectivity index (χ0v) is 13.2. The standard InChI is InChI=1S/C16H13N5OS/c1-11-5-2-3-6-13(11)16-17-20-21(18-16)10-12-9-14(22-19-12)15-7-4-8-23-15/h2-9H,10H2,1H3. The van der Waals surface area contributed by atoms with Gasteiger partial charge in [0.05, 0.1) is 4.88 Å². The Labute approximate surface area is 136 Å². The molecule has 0 aliphatic carbocycles. The molecule has 0 spiro atoms. The van der Waals surface area contributed by atoms with Crippen LogP contribution in [0.2, 0.25) is 0 Å². The molecule has 4 aromatic rings. The van der Waals surface area contributed by atoms with Gasteiger partial charge in [-0.15, -0.1) is 21.5 Å². The predicted octanol–water partition coefficient (Wildman–Crippen LogP) is 3.41. The molecule has 0 fully saturated rings. The summed E-state index contributed by atoms with van der Waals surface area (Å²) in [5.41, 5.74) is 2.87. The maximum absolute atomic E-state index is 5.36. The van der Waals surface area contributed by atoms with E-state index in [1.165, 1.54) is 4.80 Å². The lowest BCUT2D eigenvalue weighted by atomic mass is 10.1. The van der Waals surface area contributed by atoms with E-state index in [-0.39, 0.29) is 0 Å². The van der Waals surface area contributed by atoms with Crippen LogP contribution in [0.5, 0.6) is 0 Å². The van der Waals surface area contributed by atoms with Crippen LogP contribution in [0.4, 0.5) is 0 Å². The SMILES string of the molecule is Cc1ccccc1-c1nnn(Cc2cc(-c3cccs3)on2)n1. The van der Waals surface area contributed by atoms with Crippen molar-refractivity contribution in [3.8, 4) is 22.0 Å². The third-order valence-corrected chi connectivity index (χ3v) is 4.35. The number of tetrazole rings is 1. The number of benzene rings is 1. The van der Waals surface area contributed by atoms with E-state index in [0.29, 0.717) is 12.4 Å². The lowest BCUT2D eigenvalue weighted by Crippen LogP contribution is -2.04. The molecular formula is C16H13N5OS. The summed E-state index contributed by atoms with van der Waals surface area (Å²) in [6, 6.07) is 13.9. The largest absolute Gasteiger partial charge is 0.355 e. The van der Waals surface area contributed by atoms with Crippen molar-refractivity contribution in [2.24, 2.45) is 0 Å². The fraction of sp³-hybridized carbons (Fsp3) is 0.125. The Bertz CT molecular complexity index is 926. The maximum atomic E-state index is 5.36. The van der Waals surface area contributed by atoms with Crippen LogP contribution in [0.3, 0.4) is 0 Å². The van der Waals surface area contributed by atoms with E-state index in [2.05, 4.69) is 20.6 Å². The van der Waals surface area contributed by atoms with Crippen molar-refractivity contribution in [2.75, 3.05) is 0 Å². The monoisotopic (exact) mass is 323 g/mol. The summed E-state index contributed by atoms with van der Waals surface area (Å²) in [6.07, 6.45) is 0. The normalized spacial score (nSPS) is 11.0. The van der Waals surface area contributed by atoms with Crippen molar-refractivity contribution in [1.82, 2.24) is 25.4 Å². The van der Waals surface area contributed by atoms with Crippen LogP contribution in [-0.4, -0.2) is 25.4 Å². The van der Waals surface area contributed by atoms with Crippen molar-refractivity contribution in [1.29, 1.82) is 0 Å². The van der Waals surface area contributed by atoms with Crippen LogP contribution in [0.15, 0.2) is 52.4 Å². The Morgan fingerprint density at radius 1 is 1.17 bits per heavy atom. The molecule has 6 nitrogen and oxygen atoms in total. The van der Waals surface area contributed by atoms with E-state index >= 15 is 0 Å². The van der Waals surface area contributed by atoms with Crippen molar-refractivity contribution in [3.63, 3.8) is 0 Å². The second-order valence-electron chi connectivity index (χ2n) is 5.12. The fourth-order valence-corrected chi connectivity index (χ4v) is 2.98. The molecule has 0 aliphatic rings. The quantitative estimate of drug-likeness (QED) is 0.575. The first kappa shape index (κ1) is 13.8. The topological polar surface area (TPSA) is 69.6 Å². The molecule has 7 heteroatoms. The van der Waals surface area contributed by atoms with Gasteiger partial charge in [-0.25, -0.2) is 0 Å². The van der Waals surface area contributed by atoms with Gasteiger partial charge in [-0.3, -0.25) is 0 Å². The molecule has 23 heavy (non-hydrogen) atoms. The number of rotatable bonds is 4. The van der Waals surface area contributed by atoms with Crippen LogP contribution in [-0.2, 0) is 6.54 Å². The molecule has 0 bridgehead atoms. The Morgan fingerprint density at radius 3 is 2.91 bits per heavy atom. The minimum absolute atomic E-state index is 0.424. The van der Waals surface area contributed by atoms with Crippen LogP contribution in [0, 0.1) is 6.92 Å². The Hall–Kier alpha value is -2.80. The van der Waals surface area contributed by atoms with Crippen molar-refractivity contribution in [3.05, 3.63) is 59.1 Å². The molecule has 1 aromatic carbocycles. The maximum Gasteiger partial charge on any atom is 0.205 e. The van der Waals surface area contributed by atoms with Gasteiger partial charge in [0.2, 0.25) is 5.82 Å². The molecule has 0 atom stereocenters. The van der Waals surface area contributed by atoms with Gasteiger partial charge in [0.25, 0.3) is 0 Å². The number of aromatic nitrogens is 5. The van der Waals surface area contributed by atoms with Gasteiger partial charge in [-0.2, -0.15) is 4.80 Å². The van der Waals surface area contributed by atoms with Crippen molar-refractivity contribution >= 4 is 11.3 Å². The van der Waals surface area contributed by atoms with E-state index in [9.17, 15) is 0 Å². The summed E-state index contributed by atoms with van der Waals surface area (Å²) in [5, 5.41) is 18.7. The highest BCUT2D eigenvalue weighted by atomic mass is 32.1. The molecule has 114 valence electrons. The molecule has 0 aliphatic heterocycles. The zero-order valence-electron chi connectivity index (χ0n) is 12.4. The zero-order chi connectivity index (χ0) is 15.6. The molecular weight excluding hydrogens is 310 g/mol. The van der Waals surface area contributed by atoms with Gasteiger partial charge in [0, 0.05) is 11.6 Å². The van der Waals surface area contributed by atoms with Gasteiger partial charge >= 0.3 is 0 Å². The molecule has 3 aromatic heterocycles. The van der Waals surface area contributed by atoms with Crippen molar-refractivity contribution < 1.29 is 4.52 Å². The summed E-state index contributed by atoms with van der Waals surface area (Å²) in [6.45, 7) is 2.45. The highest BCUT2D eigenvalue weighted by molar-refractivity contribution is 7.13. The van der Waals surface area contributed by atoms with E-state index in [4.69, 9.17) is 4.52 Å². The van der Waals surface area contributed by atoms with Gasteiger partial charge < -0.3 is 4.52 Å². The summed E-state index contributed by atoms with van der Waals surface area (Å²) in [5.74, 6) is 1.37. The molecule has 0 N–H and O–H groups in total. The van der Waals surface area contributed by atoms with E-state index in [1.807, 2.05) is 54.8 Å². The van der Waals surface area contributed by atoms with E-state index < -0.39 is 0 Å². The second-order valence-corrected chi connectivity index (χ2v) is 6.07. The van der Waals surface area contributed by atoms with Gasteiger partial charge in [-0.1, -0.05) is 35.5 Å². The fourth-order valence-electron chi connectivity index (χ4n) is 2.31. The number of hydrogen-bond donors (Lipinski definition) is 0. The molecule has 4 rings (SSSR count). The lowest BCUT2D eigenvalue weighted by molar-refractivity contribution is 0.416. The molecule has 0 saturated carbocycles. The molecule has 0 saturated heterocycles. The summed E-state index contributed by atoms with van der Waals surface area (Å²) in [4.78, 5) is 2.58. The molecule has 3 heterocycles. The van der Waals surface area contributed by atoms with Crippen LogP contribution in [0.25, 0.3) is 22.0 Å². The summed E-state index contributed by atoms with van der Waals surface area (Å²) < 4.78 is 5.36. The van der Waals surface area contributed by atoms with E-state index in [1.54, 1.807) is 11.3 Å². The number of nitrogens with zero attached hydrogens (tertiary/aromatic N) is 5. The average Bonchev–Trinajstić information content (AvgIpc) is 3.29. The third-order valence-electron chi connectivity index (χ3n) is 3.47. The van der Waals surface area contributed by atoms with Gasteiger partial charge in [0.1, 0.15) is 12.2 Å². The second kappa shape index (κ2) is 5.77. The Balaban J connectivity index is 1.55. The van der Waals surface area contributed by atoms with E-state index in [0.717, 1.165) is 27.5 Å². The summed E-state index contributed by atoms with van der Waals surface area (Å²) >= 11 is 1.61. The van der Waals surface area contributed by atoms with Gasteiger partial charge in [0.15, 0.2) is 5.76 Å². The number of thiophene rings is 1. The molecule has 0 amide bonds. The smallest absolute Gasteiger partial charge is 0.205 e. The third kappa shape index (κ3) is 2.78. The van der Waals surface area contributed by atoms with Crippen LogP contribution in [0.1, 0.15) is 11.3 Å². The number of hydrogen-bond acceptors (Lipinski definition) is 6. The van der Waals surface area contributed by atoms with Crippen molar-refractivity contribution in [2.45, 2.75) is 13.5 Å². The molecule has 0 radical (unpaired) electrons. The minimum Gasteiger partial charge on any atom is -0.355 e. The summed E-state index contributed by atoms with van der Waals surface area (Å²) in [7, 11) is 0. The van der Waals surface area contributed by atoms with Gasteiger partial charge in [-0.05, 0) is 29.1 Å². The first-order valence-electron chi connectivity index (χ1n) is 7.13. The highest BCUT2D eigenvalue weighted by Crippen LogP contribution is 2.25. The predicted molar refractivity (Wildman–Crippen MR) is 86.9 cm³/mol.